The summed E-state index contributed by atoms with van der Waals surface area (Å²) in [4.78, 5) is 13.3. The van der Waals surface area contributed by atoms with Gasteiger partial charge in [0.15, 0.2) is 0 Å². The second-order valence-corrected chi connectivity index (χ2v) is 3.88. The van der Waals surface area contributed by atoms with E-state index >= 15 is 0 Å². The minimum atomic E-state index is -0.0550. The van der Waals surface area contributed by atoms with Gasteiger partial charge in [-0.25, -0.2) is 0 Å². The molecule has 2 aromatic rings. The predicted molar refractivity (Wildman–Crippen MR) is 69.9 cm³/mol. The van der Waals surface area contributed by atoms with Gasteiger partial charge in [-0.05, 0) is 30.3 Å². The number of amides is 1. The number of hydrogen-bond acceptors (Lipinski definition) is 2. The minimum absolute atomic E-state index is 0.0550. The third kappa shape index (κ3) is 2.61. The zero-order valence-electron chi connectivity index (χ0n) is 10.1. The topological polar surface area (TPSA) is 33.5 Å². The van der Waals surface area contributed by atoms with Crippen LogP contribution in [-0.2, 0) is 11.3 Å². The summed E-state index contributed by atoms with van der Waals surface area (Å²) >= 11 is 0. The van der Waals surface area contributed by atoms with Gasteiger partial charge in [-0.3, -0.25) is 4.79 Å². The maximum Gasteiger partial charge on any atom is 0.224 e. The van der Waals surface area contributed by atoms with Crippen molar-refractivity contribution in [2.75, 3.05) is 4.90 Å². The van der Waals surface area contributed by atoms with E-state index < -0.39 is 0 Å². The quantitative estimate of drug-likeness (QED) is 0.772. The summed E-state index contributed by atoms with van der Waals surface area (Å²) in [5.74, 6) is 3.24. The second-order valence-electron chi connectivity index (χ2n) is 3.88. The number of terminal acetylenes is 1. The summed E-state index contributed by atoms with van der Waals surface area (Å²) in [6, 6.07) is 11.0. The highest BCUT2D eigenvalue weighted by molar-refractivity contribution is 5.91. The van der Waals surface area contributed by atoms with E-state index in [-0.39, 0.29) is 5.91 Å². The van der Waals surface area contributed by atoms with Crippen LogP contribution in [0, 0.1) is 12.3 Å². The van der Waals surface area contributed by atoms with Gasteiger partial charge in [0.2, 0.25) is 5.91 Å². The van der Waals surface area contributed by atoms with Gasteiger partial charge >= 0.3 is 0 Å². The molecule has 0 saturated heterocycles. The summed E-state index contributed by atoms with van der Waals surface area (Å²) in [7, 11) is 0. The van der Waals surface area contributed by atoms with Gasteiger partial charge < -0.3 is 9.32 Å². The van der Waals surface area contributed by atoms with Crippen LogP contribution in [0.2, 0.25) is 0 Å². The van der Waals surface area contributed by atoms with Crippen molar-refractivity contribution in [1.29, 1.82) is 0 Å². The molecule has 0 fully saturated rings. The molecule has 0 saturated carbocycles. The Hall–Kier alpha value is -2.47. The molecule has 1 heterocycles. The summed E-state index contributed by atoms with van der Waals surface area (Å²) < 4.78 is 5.26. The van der Waals surface area contributed by atoms with Crippen molar-refractivity contribution in [2.45, 2.75) is 13.5 Å². The van der Waals surface area contributed by atoms with E-state index in [0.717, 1.165) is 17.0 Å². The number of anilines is 1. The van der Waals surface area contributed by atoms with E-state index in [1.807, 2.05) is 30.3 Å². The van der Waals surface area contributed by atoms with Crippen molar-refractivity contribution in [1.82, 2.24) is 0 Å². The van der Waals surface area contributed by atoms with Crippen LogP contribution in [0.1, 0.15) is 18.2 Å². The molecule has 3 nitrogen and oxygen atoms in total. The number of nitrogens with zero attached hydrogens (tertiary/aromatic N) is 1. The largest absolute Gasteiger partial charge is 0.467 e. The summed E-state index contributed by atoms with van der Waals surface area (Å²) in [5, 5.41) is 0. The fourth-order valence-corrected chi connectivity index (χ4v) is 1.71. The van der Waals surface area contributed by atoms with Crippen LogP contribution >= 0.6 is 0 Å². The Kier molecular flexibility index (Phi) is 3.49. The van der Waals surface area contributed by atoms with Crippen molar-refractivity contribution in [2.24, 2.45) is 0 Å². The fourth-order valence-electron chi connectivity index (χ4n) is 1.71. The van der Waals surface area contributed by atoms with Crippen molar-refractivity contribution >= 4 is 11.6 Å². The van der Waals surface area contributed by atoms with Gasteiger partial charge in [-0.2, -0.15) is 0 Å². The molecule has 90 valence electrons. The molecular formula is C15H13NO2. The van der Waals surface area contributed by atoms with E-state index in [2.05, 4.69) is 5.92 Å². The number of carbonyl (C=O) groups is 1. The van der Waals surface area contributed by atoms with Gasteiger partial charge in [0.25, 0.3) is 0 Å². The molecule has 0 spiro atoms. The maximum absolute atomic E-state index is 11.7. The second kappa shape index (κ2) is 5.24. The first kappa shape index (κ1) is 12.0. The first-order valence-corrected chi connectivity index (χ1v) is 5.58. The molecule has 0 bridgehead atoms. The molecule has 0 unspecified atom stereocenters. The fraction of sp³-hybridized carbons (Fsp3) is 0.133. The molecule has 2 rings (SSSR count). The Balaban J connectivity index is 2.30. The number of carbonyl (C=O) groups excluding carboxylic acids is 1. The Labute approximate surface area is 106 Å². The van der Waals surface area contributed by atoms with Gasteiger partial charge in [0.05, 0.1) is 12.8 Å². The normalized spacial score (nSPS) is 9.78. The molecule has 1 aromatic carbocycles. The number of furan rings is 1. The highest BCUT2D eigenvalue weighted by Gasteiger charge is 2.13. The molecule has 18 heavy (non-hydrogen) atoms. The van der Waals surface area contributed by atoms with Gasteiger partial charge in [0.1, 0.15) is 5.76 Å². The zero-order valence-corrected chi connectivity index (χ0v) is 10.1. The van der Waals surface area contributed by atoms with E-state index in [1.54, 1.807) is 17.2 Å². The highest BCUT2D eigenvalue weighted by Crippen LogP contribution is 2.19. The molecule has 1 aromatic heterocycles. The molecule has 0 aliphatic heterocycles. The summed E-state index contributed by atoms with van der Waals surface area (Å²) in [5.41, 5.74) is 1.52. The summed E-state index contributed by atoms with van der Waals surface area (Å²) in [6.45, 7) is 1.92. The van der Waals surface area contributed by atoms with E-state index in [0.29, 0.717) is 6.54 Å². The average molecular weight is 239 g/mol. The van der Waals surface area contributed by atoms with Crippen LogP contribution in [0.3, 0.4) is 0 Å². The van der Waals surface area contributed by atoms with E-state index in [9.17, 15) is 4.79 Å². The number of benzene rings is 1. The summed E-state index contributed by atoms with van der Waals surface area (Å²) in [6.07, 6.45) is 6.95. The lowest BCUT2D eigenvalue weighted by Crippen LogP contribution is -2.27. The van der Waals surface area contributed by atoms with Crippen LogP contribution < -0.4 is 4.90 Å². The lowest BCUT2D eigenvalue weighted by Gasteiger charge is -2.20. The van der Waals surface area contributed by atoms with Crippen molar-refractivity contribution < 1.29 is 9.21 Å². The number of hydrogen-bond donors (Lipinski definition) is 0. The molecule has 1 amide bonds. The standard InChI is InChI=1S/C15H13NO2/c1-3-13-6-4-7-14(10-13)16(12(2)17)11-15-8-5-9-18-15/h1,4-10H,11H2,2H3. The smallest absolute Gasteiger partial charge is 0.224 e. The Morgan fingerprint density at radius 1 is 1.39 bits per heavy atom. The monoisotopic (exact) mass is 239 g/mol. The molecule has 3 heteroatoms. The van der Waals surface area contributed by atoms with Gasteiger partial charge in [-0.15, -0.1) is 6.42 Å². The van der Waals surface area contributed by atoms with E-state index in [4.69, 9.17) is 10.8 Å². The number of rotatable bonds is 3. The molecule has 0 radical (unpaired) electrons. The highest BCUT2D eigenvalue weighted by atomic mass is 16.3. The van der Waals surface area contributed by atoms with Gasteiger partial charge in [0, 0.05) is 18.2 Å². The lowest BCUT2D eigenvalue weighted by atomic mass is 10.2. The van der Waals surface area contributed by atoms with Gasteiger partial charge in [-0.1, -0.05) is 12.0 Å². The molecular weight excluding hydrogens is 226 g/mol. The molecule has 0 atom stereocenters. The SMILES string of the molecule is C#Cc1cccc(N(Cc2ccco2)C(C)=O)c1. The molecule has 0 aliphatic carbocycles. The molecule has 0 N–H and O–H groups in total. The van der Waals surface area contributed by atoms with Crippen LogP contribution in [0.25, 0.3) is 0 Å². The Bertz CT molecular complexity index is 579. The predicted octanol–water partition coefficient (Wildman–Crippen LogP) is 2.81. The Morgan fingerprint density at radius 3 is 2.83 bits per heavy atom. The van der Waals surface area contributed by atoms with Crippen LogP contribution in [0.15, 0.2) is 47.1 Å². The van der Waals surface area contributed by atoms with E-state index in [1.165, 1.54) is 6.92 Å². The first-order valence-electron chi connectivity index (χ1n) is 5.58. The first-order chi connectivity index (χ1) is 8.70. The third-order valence-electron chi connectivity index (χ3n) is 2.60. The Morgan fingerprint density at radius 2 is 2.22 bits per heavy atom. The third-order valence-corrected chi connectivity index (χ3v) is 2.60. The average Bonchev–Trinajstić information content (AvgIpc) is 2.88. The minimum Gasteiger partial charge on any atom is -0.467 e. The molecule has 0 aliphatic rings. The lowest BCUT2D eigenvalue weighted by molar-refractivity contribution is -0.116. The zero-order chi connectivity index (χ0) is 13.0. The van der Waals surface area contributed by atoms with Crippen LogP contribution in [0.5, 0.6) is 0 Å². The maximum atomic E-state index is 11.7. The van der Waals surface area contributed by atoms with Crippen LogP contribution in [0.4, 0.5) is 5.69 Å². The van der Waals surface area contributed by atoms with Crippen molar-refractivity contribution in [3.8, 4) is 12.3 Å². The van der Waals surface area contributed by atoms with Crippen molar-refractivity contribution in [3.63, 3.8) is 0 Å². The van der Waals surface area contributed by atoms with Crippen molar-refractivity contribution in [3.05, 3.63) is 54.0 Å². The van der Waals surface area contributed by atoms with Crippen LogP contribution in [-0.4, -0.2) is 5.91 Å².